The number of hydrazine groups is 1. The molecular weight excluding hydrogens is 276 g/mol. The van der Waals surface area contributed by atoms with Crippen molar-refractivity contribution in [2.75, 3.05) is 20.1 Å². The molecule has 0 aromatic heterocycles. The lowest BCUT2D eigenvalue weighted by molar-refractivity contribution is -0.946. The van der Waals surface area contributed by atoms with Crippen molar-refractivity contribution in [2.45, 2.75) is 58.8 Å². The highest BCUT2D eigenvalue weighted by Crippen LogP contribution is 2.17. The summed E-state index contributed by atoms with van der Waals surface area (Å²) in [4.78, 5) is 19.1. The molecule has 8 heteroatoms. The van der Waals surface area contributed by atoms with Crippen molar-refractivity contribution < 1.29 is 24.5 Å². The van der Waals surface area contributed by atoms with Gasteiger partial charge in [0.25, 0.3) is 10.2 Å². The third-order valence-electron chi connectivity index (χ3n) is 3.01. The molecule has 21 heavy (non-hydrogen) atoms. The standard InChI is InChI=1S/C13H27N4O4/c1-12(2,3)15(7)17(19)14-21-10-8-16(9-10)11(18)20-13(4,5)6/h10H,8-9H2,1-7H3,(H,14,19)/q+1. The van der Waals surface area contributed by atoms with Crippen LogP contribution in [0.1, 0.15) is 41.5 Å². The van der Waals surface area contributed by atoms with Crippen molar-refractivity contribution in [3.8, 4) is 0 Å². The van der Waals surface area contributed by atoms with Crippen LogP contribution in [0, 0.1) is 0 Å². The highest BCUT2D eigenvalue weighted by Gasteiger charge is 2.37. The minimum atomic E-state index is -0.509. The Bertz CT molecular complexity index is 405. The van der Waals surface area contributed by atoms with E-state index in [1.807, 2.05) is 41.5 Å². The fraction of sp³-hybridized carbons (Fsp3) is 0.923. The third-order valence-corrected chi connectivity index (χ3v) is 3.01. The molecule has 1 heterocycles. The number of ether oxygens (including phenoxy) is 1. The van der Waals surface area contributed by atoms with Gasteiger partial charge in [-0.1, -0.05) is 0 Å². The second-order valence-electron chi connectivity index (χ2n) is 7.16. The van der Waals surface area contributed by atoms with Gasteiger partial charge in [-0.3, -0.25) is 0 Å². The molecule has 1 aliphatic rings. The zero-order valence-corrected chi connectivity index (χ0v) is 14.0. The minimum absolute atomic E-state index is 0.236. The van der Waals surface area contributed by atoms with Crippen LogP contribution >= 0.6 is 0 Å². The summed E-state index contributed by atoms with van der Waals surface area (Å²) in [6, 6.07) is 0. The molecule has 0 unspecified atom stereocenters. The molecule has 0 aliphatic carbocycles. The predicted molar refractivity (Wildman–Crippen MR) is 74.7 cm³/mol. The monoisotopic (exact) mass is 303 g/mol. The fourth-order valence-corrected chi connectivity index (χ4v) is 1.41. The van der Waals surface area contributed by atoms with Crippen LogP contribution in [-0.4, -0.2) is 63.6 Å². The highest BCUT2D eigenvalue weighted by molar-refractivity contribution is 5.69. The predicted octanol–water partition coefficient (Wildman–Crippen LogP) is 2.04. The Morgan fingerprint density at radius 1 is 1.29 bits per heavy atom. The fourth-order valence-electron chi connectivity index (χ4n) is 1.41. The van der Waals surface area contributed by atoms with Crippen LogP contribution in [0.4, 0.5) is 4.79 Å². The van der Waals surface area contributed by atoms with E-state index in [9.17, 15) is 10.0 Å². The number of nitrogens with zero attached hydrogens (tertiary/aromatic N) is 4. The number of hydrogen-bond acceptors (Lipinski definition) is 4. The van der Waals surface area contributed by atoms with Gasteiger partial charge in [-0.2, -0.15) is 0 Å². The van der Waals surface area contributed by atoms with Gasteiger partial charge < -0.3 is 14.5 Å². The summed E-state index contributed by atoms with van der Waals surface area (Å²) in [5.74, 6) is 0. The Morgan fingerprint density at radius 2 is 1.81 bits per heavy atom. The van der Waals surface area contributed by atoms with Crippen molar-refractivity contribution in [2.24, 2.45) is 5.28 Å². The van der Waals surface area contributed by atoms with Crippen molar-refractivity contribution in [3.05, 3.63) is 0 Å². The molecule has 0 aromatic rings. The molecule has 0 radical (unpaired) electrons. The lowest BCUT2D eigenvalue weighted by Crippen LogP contribution is -2.55. The quantitative estimate of drug-likeness (QED) is 0.490. The summed E-state index contributed by atoms with van der Waals surface area (Å²) in [5, 5.41) is 14.9. The van der Waals surface area contributed by atoms with Gasteiger partial charge in [0, 0.05) is 0 Å². The maximum Gasteiger partial charge on any atom is 0.410 e. The van der Waals surface area contributed by atoms with E-state index in [4.69, 9.17) is 9.57 Å². The number of carbonyl (C=O) groups is 1. The summed E-state index contributed by atoms with van der Waals surface area (Å²) < 4.78 is 5.23. The average molecular weight is 303 g/mol. The SMILES string of the molecule is CN(/[N+](O)=N/OC1CN(C(=O)OC(C)(C)C)C1)C(C)(C)C. The Balaban J connectivity index is 2.37. The van der Waals surface area contributed by atoms with Crippen LogP contribution in [-0.2, 0) is 9.57 Å². The molecule has 122 valence electrons. The van der Waals surface area contributed by atoms with Gasteiger partial charge in [-0.25, -0.2) is 10.0 Å². The number of likely N-dealkylation sites (tertiary alicyclic amines) is 1. The van der Waals surface area contributed by atoms with E-state index in [1.54, 1.807) is 7.05 Å². The number of amides is 1. The Hall–Kier alpha value is -1.73. The molecule has 0 atom stereocenters. The molecule has 0 bridgehead atoms. The molecular formula is C13H27N4O4+. The van der Waals surface area contributed by atoms with Gasteiger partial charge in [-0.05, 0) is 41.5 Å². The van der Waals surface area contributed by atoms with Crippen LogP contribution in [0.25, 0.3) is 0 Å². The van der Waals surface area contributed by atoms with E-state index >= 15 is 0 Å². The first-order valence-corrected chi connectivity index (χ1v) is 6.97. The van der Waals surface area contributed by atoms with Gasteiger partial charge >= 0.3 is 6.09 Å². The highest BCUT2D eigenvalue weighted by atomic mass is 16.7. The van der Waals surface area contributed by atoms with E-state index in [-0.39, 0.29) is 17.7 Å². The summed E-state index contributed by atoms with van der Waals surface area (Å²) in [6.45, 7) is 12.0. The van der Waals surface area contributed by atoms with Crippen LogP contribution in [0.3, 0.4) is 0 Å². The van der Waals surface area contributed by atoms with Crippen molar-refractivity contribution >= 4 is 6.09 Å². The number of hydrogen-bond donors (Lipinski definition) is 1. The van der Waals surface area contributed by atoms with Gasteiger partial charge in [0.05, 0.1) is 25.7 Å². The zero-order valence-electron chi connectivity index (χ0n) is 14.0. The molecule has 8 nitrogen and oxygen atoms in total. The van der Waals surface area contributed by atoms with Crippen LogP contribution in [0.15, 0.2) is 5.28 Å². The first-order chi connectivity index (χ1) is 9.40. The van der Waals surface area contributed by atoms with Gasteiger partial charge in [0.2, 0.25) is 0 Å². The molecule has 1 fully saturated rings. The topological polar surface area (TPSA) is 77.6 Å². The van der Waals surface area contributed by atoms with Crippen molar-refractivity contribution in [3.63, 3.8) is 0 Å². The van der Waals surface area contributed by atoms with Crippen LogP contribution in [0.2, 0.25) is 0 Å². The zero-order chi connectivity index (χ0) is 16.4. The van der Waals surface area contributed by atoms with E-state index in [2.05, 4.69) is 5.28 Å². The lowest BCUT2D eigenvalue weighted by Gasteiger charge is -2.37. The molecule has 1 amide bonds. The summed E-state index contributed by atoms with van der Waals surface area (Å²) in [7, 11) is 1.70. The molecule has 1 rings (SSSR count). The second kappa shape index (κ2) is 5.95. The van der Waals surface area contributed by atoms with E-state index in [0.717, 1.165) is 0 Å². The van der Waals surface area contributed by atoms with Crippen molar-refractivity contribution in [1.29, 1.82) is 0 Å². The van der Waals surface area contributed by atoms with E-state index in [1.165, 1.54) is 9.91 Å². The molecule has 0 spiro atoms. The molecule has 1 N–H and O–H groups in total. The average Bonchev–Trinajstić information content (AvgIpc) is 2.21. The summed E-state index contributed by atoms with van der Waals surface area (Å²) in [6.07, 6.45) is -0.601. The Morgan fingerprint density at radius 3 is 2.24 bits per heavy atom. The van der Waals surface area contributed by atoms with Crippen molar-refractivity contribution in [1.82, 2.24) is 9.91 Å². The third kappa shape index (κ3) is 5.28. The molecule has 1 aliphatic heterocycles. The van der Waals surface area contributed by atoms with Crippen LogP contribution < -0.4 is 0 Å². The Labute approximate surface area is 125 Å². The van der Waals surface area contributed by atoms with E-state index < -0.39 is 5.60 Å². The second-order valence-corrected chi connectivity index (χ2v) is 7.16. The largest absolute Gasteiger partial charge is 0.444 e. The molecule has 1 saturated heterocycles. The summed E-state index contributed by atoms with van der Waals surface area (Å²) in [5.41, 5.74) is -0.797. The maximum absolute atomic E-state index is 11.7. The van der Waals surface area contributed by atoms with Gasteiger partial charge in [0.15, 0.2) is 6.10 Å². The van der Waals surface area contributed by atoms with Gasteiger partial charge in [-0.15, -0.1) is 5.01 Å². The molecule has 0 aromatic carbocycles. The normalized spacial score (nSPS) is 17.3. The van der Waals surface area contributed by atoms with E-state index in [0.29, 0.717) is 18.1 Å². The molecule has 0 saturated carbocycles. The Kier molecular flexibility index (Phi) is 4.91. The smallest absolute Gasteiger partial charge is 0.410 e. The van der Waals surface area contributed by atoms with Gasteiger partial charge in [0.1, 0.15) is 5.60 Å². The number of rotatable bonds is 3. The first-order valence-electron chi connectivity index (χ1n) is 6.97. The lowest BCUT2D eigenvalue weighted by atomic mass is 10.1. The number of carbonyl (C=O) groups excluding carboxylic acids is 1. The minimum Gasteiger partial charge on any atom is -0.444 e. The summed E-state index contributed by atoms with van der Waals surface area (Å²) >= 11 is 0. The maximum atomic E-state index is 11.7. The van der Waals surface area contributed by atoms with Crippen LogP contribution in [0.5, 0.6) is 0 Å². The first kappa shape index (κ1) is 17.3.